The first-order valence-electron chi connectivity index (χ1n) is 16.3. The van der Waals surface area contributed by atoms with E-state index in [1.807, 2.05) is 41.3 Å². The zero-order valence-corrected chi connectivity index (χ0v) is 26.8. The van der Waals surface area contributed by atoms with E-state index in [-0.39, 0.29) is 18.0 Å². The minimum atomic E-state index is -0.984. The van der Waals surface area contributed by atoms with Crippen molar-refractivity contribution in [2.45, 2.75) is 44.6 Å². The molecule has 9 heteroatoms. The third-order valence-electron chi connectivity index (χ3n) is 9.66. The van der Waals surface area contributed by atoms with Crippen molar-refractivity contribution in [1.82, 2.24) is 14.5 Å². The molecule has 2 fully saturated rings. The van der Waals surface area contributed by atoms with E-state index >= 15 is 0 Å². The first kappa shape index (κ1) is 30.7. The van der Waals surface area contributed by atoms with Gasteiger partial charge in [0.15, 0.2) is 11.5 Å². The van der Waals surface area contributed by atoms with Crippen molar-refractivity contribution >= 4 is 33.7 Å². The number of morpholine rings is 1. The lowest BCUT2D eigenvalue weighted by molar-refractivity contribution is -0.135. The van der Waals surface area contributed by atoms with E-state index in [0.717, 1.165) is 70.0 Å². The number of hydrogen-bond donors (Lipinski definition) is 1. The van der Waals surface area contributed by atoms with Crippen LogP contribution in [0.5, 0.6) is 11.5 Å². The van der Waals surface area contributed by atoms with Crippen molar-refractivity contribution < 1.29 is 28.9 Å². The van der Waals surface area contributed by atoms with E-state index in [4.69, 9.17) is 19.2 Å². The SMILES string of the molecule is COc1ccc(-c2ccc3cc(-c4c(C5CCCCC5)c5ccc(C(=O)O)cc5n4CC(=O)N4CCOCC4)ccc3n2)cc1OC. The van der Waals surface area contributed by atoms with Crippen molar-refractivity contribution in [3.8, 4) is 34.0 Å². The zero-order valence-electron chi connectivity index (χ0n) is 26.8. The predicted octanol–water partition coefficient (Wildman–Crippen LogP) is 7.15. The minimum Gasteiger partial charge on any atom is -0.493 e. The number of methoxy groups -OCH3 is 2. The van der Waals surface area contributed by atoms with Crippen LogP contribution in [0.25, 0.3) is 44.3 Å². The molecule has 0 atom stereocenters. The highest BCUT2D eigenvalue weighted by Crippen LogP contribution is 2.45. The molecule has 1 aliphatic heterocycles. The summed E-state index contributed by atoms with van der Waals surface area (Å²) in [6.45, 7) is 2.26. The van der Waals surface area contributed by atoms with Gasteiger partial charge in [0, 0.05) is 29.4 Å². The maximum Gasteiger partial charge on any atom is 0.335 e. The summed E-state index contributed by atoms with van der Waals surface area (Å²) in [6.07, 6.45) is 5.64. The van der Waals surface area contributed by atoms with Crippen LogP contribution in [0.15, 0.2) is 66.7 Å². The standard InChI is InChI=1S/C38H39N3O6/c1-45-33-15-11-26(22-34(33)46-2)31-13-9-25-20-27(10-14-30(25)39-31)37-36(24-6-4-3-5-7-24)29-12-8-28(38(43)44)21-32(29)41(37)23-35(42)40-16-18-47-19-17-40/h8-15,20-22,24H,3-7,16-19,23H2,1-2H3,(H,43,44). The third-order valence-corrected chi connectivity index (χ3v) is 9.66. The Labute approximate surface area is 273 Å². The van der Waals surface area contributed by atoms with Gasteiger partial charge in [-0.3, -0.25) is 4.79 Å². The number of carboxylic acid groups (broad SMARTS) is 1. The molecular weight excluding hydrogens is 594 g/mol. The molecule has 1 N–H and O–H groups in total. The van der Waals surface area contributed by atoms with Crippen LogP contribution in [0.1, 0.15) is 53.9 Å². The number of hydrogen-bond acceptors (Lipinski definition) is 6. The lowest BCUT2D eigenvalue weighted by atomic mass is 9.81. The maximum atomic E-state index is 13.8. The van der Waals surface area contributed by atoms with Gasteiger partial charge in [0.2, 0.25) is 5.91 Å². The third kappa shape index (κ3) is 5.91. The van der Waals surface area contributed by atoms with Crippen LogP contribution >= 0.6 is 0 Å². The second kappa shape index (κ2) is 13.1. The van der Waals surface area contributed by atoms with Crippen molar-refractivity contribution in [2.75, 3.05) is 40.5 Å². The number of fused-ring (bicyclic) bond motifs is 2. The Hall–Kier alpha value is -4.89. The van der Waals surface area contributed by atoms with Gasteiger partial charge in [-0.2, -0.15) is 0 Å². The van der Waals surface area contributed by atoms with Crippen molar-refractivity contribution in [3.05, 3.63) is 77.9 Å². The molecule has 0 spiro atoms. The molecule has 1 amide bonds. The monoisotopic (exact) mass is 633 g/mol. The summed E-state index contributed by atoms with van der Waals surface area (Å²) in [5.74, 6) is 0.640. The summed E-state index contributed by atoms with van der Waals surface area (Å²) >= 11 is 0. The molecule has 242 valence electrons. The van der Waals surface area contributed by atoms with Crippen LogP contribution in [0.4, 0.5) is 0 Å². The molecule has 1 saturated carbocycles. The van der Waals surface area contributed by atoms with Gasteiger partial charge in [-0.15, -0.1) is 0 Å². The van der Waals surface area contributed by atoms with Gasteiger partial charge in [0.25, 0.3) is 0 Å². The second-order valence-electron chi connectivity index (χ2n) is 12.4. The molecule has 3 aromatic carbocycles. The Morgan fingerprint density at radius 3 is 2.38 bits per heavy atom. The Morgan fingerprint density at radius 1 is 0.872 bits per heavy atom. The topological polar surface area (TPSA) is 103 Å². The van der Waals surface area contributed by atoms with Crippen molar-refractivity contribution in [3.63, 3.8) is 0 Å². The summed E-state index contributed by atoms with van der Waals surface area (Å²) in [7, 11) is 3.24. The van der Waals surface area contributed by atoms with E-state index in [0.29, 0.717) is 43.7 Å². The molecule has 0 unspecified atom stereocenters. The average molecular weight is 634 g/mol. The molecule has 47 heavy (non-hydrogen) atoms. The largest absolute Gasteiger partial charge is 0.493 e. The lowest BCUT2D eigenvalue weighted by Gasteiger charge is -2.28. The van der Waals surface area contributed by atoms with Crippen LogP contribution in [0.3, 0.4) is 0 Å². The first-order valence-corrected chi connectivity index (χ1v) is 16.3. The van der Waals surface area contributed by atoms with Gasteiger partial charge in [-0.05, 0) is 78.4 Å². The van der Waals surface area contributed by atoms with Crippen LogP contribution in [-0.2, 0) is 16.1 Å². The number of pyridine rings is 1. The molecule has 1 aliphatic carbocycles. The first-order chi connectivity index (χ1) is 22.9. The highest BCUT2D eigenvalue weighted by Gasteiger charge is 2.29. The minimum absolute atomic E-state index is 0.00406. The quantitative estimate of drug-likeness (QED) is 0.194. The molecule has 0 radical (unpaired) electrons. The molecular formula is C38H39N3O6. The maximum absolute atomic E-state index is 13.8. The summed E-state index contributed by atoms with van der Waals surface area (Å²) in [5, 5.41) is 11.9. The van der Waals surface area contributed by atoms with Crippen LogP contribution in [-0.4, -0.2) is 72.0 Å². The number of nitrogens with zero attached hydrogens (tertiary/aromatic N) is 3. The number of carboxylic acids is 1. The molecule has 1 saturated heterocycles. The Balaban J connectivity index is 1.38. The van der Waals surface area contributed by atoms with Gasteiger partial charge in [0.1, 0.15) is 6.54 Å². The number of ether oxygens (including phenoxy) is 3. The Bertz CT molecular complexity index is 1970. The number of aromatic carboxylic acids is 1. The Kier molecular flexibility index (Phi) is 8.56. The fraction of sp³-hybridized carbons (Fsp3) is 0.342. The zero-order chi connectivity index (χ0) is 32.5. The molecule has 5 aromatic rings. The number of carbonyl (C=O) groups is 2. The highest BCUT2D eigenvalue weighted by molar-refractivity contribution is 6.00. The summed E-state index contributed by atoms with van der Waals surface area (Å²) in [6, 6.07) is 21.5. The lowest BCUT2D eigenvalue weighted by Crippen LogP contribution is -2.42. The number of rotatable bonds is 8. The summed E-state index contributed by atoms with van der Waals surface area (Å²) in [4.78, 5) is 32.7. The molecule has 9 nitrogen and oxygen atoms in total. The van der Waals surface area contributed by atoms with Crippen LogP contribution in [0.2, 0.25) is 0 Å². The van der Waals surface area contributed by atoms with Crippen molar-refractivity contribution in [2.24, 2.45) is 0 Å². The van der Waals surface area contributed by atoms with Crippen molar-refractivity contribution in [1.29, 1.82) is 0 Å². The number of benzene rings is 3. The van der Waals surface area contributed by atoms with E-state index in [9.17, 15) is 14.7 Å². The average Bonchev–Trinajstić information content (AvgIpc) is 3.44. The summed E-state index contributed by atoms with van der Waals surface area (Å²) < 4.78 is 18.5. The number of amides is 1. The number of carbonyl (C=O) groups excluding carboxylic acids is 1. The second-order valence-corrected chi connectivity index (χ2v) is 12.4. The molecule has 7 rings (SSSR count). The van der Waals surface area contributed by atoms with E-state index in [2.05, 4.69) is 22.8 Å². The van der Waals surface area contributed by atoms with Gasteiger partial charge in [-0.1, -0.05) is 37.5 Å². The fourth-order valence-electron chi connectivity index (χ4n) is 7.27. The van der Waals surface area contributed by atoms with E-state index in [1.165, 1.54) is 12.0 Å². The van der Waals surface area contributed by atoms with E-state index < -0.39 is 5.97 Å². The highest BCUT2D eigenvalue weighted by atomic mass is 16.5. The fourth-order valence-corrected chi connectivity index (χ4v) is 7.27. The summed E-state index contributed by atoms with van der Waals surface area (Å²) in [5.41, 5.74) is 6.76. The Morgan fingerprint density at radius 2 is 1.64 bits per heavy atom. The smallest absolute Gasteiger partial charge is 0.335 e. The normalized spacial score (nSPS) is 15.7. The van der Waals surface area contributed by atoms with Gasteiger partial charge < -0.3 is 28.8 Å². The van der Waals surface area contributed by atoms with E-state index in [1.54, 1.807) is 26.4 Å². The predicted molar refractivity (Wildman–Crippen MR) is 181 cm³/mol. The van der Waals surface area contributed by atoms with Gasteiger partial charge in [0.05, 0.1) is 55.4 Å². The number of aromatic nitrogens is 2. The molecule has 2 aliphatic rings. The van der Waals surface area contributed by atoms with Crippen LogP contribution < -0.4 is 9.47 Å². The van der Waals surface area contributed by atoms with Gasteiger partial charge in [-0.25, -0.2) is 9.78 Å². The molecule has 0 bridgehead atoms. The van der Waals surface area contributed by atoms with Crippen LogP contribution in [0, 0.1) is 0 Å². The molecule has 3 heterocycles. The molecule has 2 aromatic heterocycles. The van der Waals surface area contributed by atoms with Gasteiger partial charge >= 0.3 is 5.97 Å².